The molecule has 0 saturated carbocycles. The van der Waals surface area contributed by atoms with Gasteiger partial charge in [-0.25, -0.2) is 5.84 Å². The predicted octanol–water partition coefficient (Wildman–Crippen LogP) is 1.03. The standard InChI is InChI=1S/C11H14F3N3O2/c12-11(13,14)8-4-5-10(19)17(7-8)6-2-1-3-9(18)16-15/h4-5,7H,1-3,6,15H2,(H,16,18). The molecule has 0 aromatic carbocycles. The summed E-state index contributed by atoms with van der Waals surface area (Å²) >= 11 is 0. The molecule has 0 aliphatic rings. The van der Waals surface area contributed by atoms with Gasteiger partial charge in [-0.15, -0.1) is 0 Å². The lowest BCUT2D eigenvalue weighted by Gasteiger charge is -2.10. The van der Waals surface area contributed by atoms with Crippen LogP contribution in [0.4, 0.5) is 13.2 Å². The third-order valence-electron chi connectivity index (χ3n) is 2.52. The summed E-state index contributed by atoms with van der Waals surface area (Å²) in [6.45, 7) is 0.126. The summed E-state index contributed by atoms with van der Waals surface area (Å²) in [5.41, 5.74) is 0.576. The van der Waals surface area contributed by atoms with Crippen LogP contribution in [0.1, 0.15) is 24.8 Å². The third kappa shape index (κ3) is 4.74. The van der Waals surface area contributed by atoms with Crippen LogP contribution >= 0.6 is 0 Å². The van der Waals surface area contributed by atoms with Crippen LogP contribution in [0.3, 0.4) is 0 Å². The topological polar surface area (TPSA) is 77.1 Å². The third-order valence-corrected chi connectivity index (χ3v) is 2.52. The Labute approximate surface area is 107 Å². The van der Waals surface area contributed by atoms with Gasteiger partial charge in [-0.3, -0.25) is 15.0 Å². The van der Waals surface area contributed by atoms with E-state index in [9.17, 15) is 22.8 Å². The molecule has 0 spiro atoms. The molecule has 0 atom stereocenters. The van der Waals surface area contributed by atoms with Gasteiger partial charge in [-0.1, -0.05) is 0 Å². The molecule has 106 valence electrons. The van der Waals surface area contributed by atoms with Crippen LogP contribution in [0, 0.1) is 0 Å². The molecule has 8 heteroatoms. The molecular formula is C11H14F3N3O2. The number of pyridine rings is 1. The summed E-state index contributed by atoms with van der Waals surface area (Å²) in [6, 6.07) is 1.64. The van der Waals surface area contributed by atoms with E-state index < -0.39 is 17.3 Å². The Kier molecular flexibility index (Phi) is 5.11. The van der Waals surface area contributed by atoms with Crippen molar-refractivity contribution in [1.82, 2.24) is 9.99 Å². The number of nitrogens with two attached hydrogens (primary N) is 1. The number of hydrogen-bond donors (Lipinski definition) is 2. The fraction of sp³-hybridized carbons (Fsp3) is 0.455. The monoisotopic (exact) mass is 277 g/mol. The van der Waals surface area contributed by atoms with Gasteiger partial charge in [0.05, 0.1) is 5.56 Å². The number of aryl methyl sites for hydroxylation is 1. The highest BCUT2D eigenvalue weighted by Crippen LogP contribution is 2.28. The Morgan fingerprint density at radius 2 is 2.00 bits per heavy atom. The summed E-state index contributed by atoms with van der Waals surface area (Å²) in [5.74, 6) is 4.53. The number of rotatable bonds is 5. The van der Waals surface area contributed by atoms with Crippen LogP contribution in [0.2, 0.25) is 0 Å². The Bertz CT molecular complexity index is 497. The van der Waals surface area contributed by atoms with Gasteiger partial charge in [-0.2, -0.15) is 13.2 Å². The number of carbonyl (C=O) groups excluding carboxylic acids is 1. The maximum absolute atomic E-state index is 12.5. The largest absolute Gasteiger partial charge is 0.417 e. The van der Waals surface area contributed by atoms with Crippen LogP contribution in [-0.2, 0) is 17.5 Å². The van der Waals surface area contributed by atoms with E-state index in [1.165, 1.54) is 0 Å². The molecule has 1 aromatic heterocycles. The van der Waals surface area contributed by atoms with Crippen molar-refractivity contribution in [2.75, 3.05) is 0 Å². The SMILES string of the molecule is NNC(=O)CCCCn1cc(C(F)(F)F)ccc1=O. The number of nitrogens with zero attached hydrogens (tertiary/aromatic N) is 1. The van der Waals surface area contributed by atoms with E-state index in [0.29, 0.717) is 12.8 Å². The van der Waals surface area contributed by atoms with Crippen LogP contribution < -0.4 is 16.8 Å². The van der Waals surface area contributed by atoms with Crippen molar-refractivity contribution in [3.05, 3.63) is 34.2 Å². The minimum atomic E-state index is -4.48. The van der Waals surface area contributed by atoms with Crippen molar-refractivity contribution in [2.45, 2.75) is 32.0 Å². The normalized spacial score (nSPS) is 11.4. The number of hydrogen-bond acceptors (Lipinski definition) is 3. The van der Waals surface area contributed by atoms with Gasteiger partial charge >= 0.3 is 6.18 Å². The summed E-state index contributed by atoms with van der Waals surface area (Å²) in [4.78, 5) is 22.2. The summed E-state index contributed by atoms with van der Waals surface area (Å²) in [6.07, 6.45) is -2.68. The molecule has 0 unspecified atom stereocenters. The van der Waals surface area contributed by atoms with Crippen LogP contribution in [-0.4, -0.2) is 10.5 Å². The van der Waals surface area contributed by atoms with Gasteiger partial charge < -0.3 is 4.57 Å². The van der Waals surface area contributed by atoms with Gasteiger partial charge in [0.1, 0.15) is 0 Å². The number of alkyl halides is 3. The molecule has 1 rings (SSSR count). The minimum Gasteiger partial charge on any atom is -0.315 e. The Morgan fingerprint density at radius 3 is 2.58 bits per heavy atom. The van der Waals surface area contributed by atoms with Gasteiger partial charge in [0.2, 0.25) is 5.91 Å². The Balaban J connectivity index is 2.63. The first-order valence-electron chi connectivity index (χ1n) is 5.61. The van der Waals surface area contributed by atoms with Gasteiger partial charge in [0, 0.05) is 25.2 Å². The lowest BCUT2D eigenvalue weighted by Crippen LogP contribution is -2.29. The first kappa shape index (κ1) is 15.2. The maximum Gasteiger partial charge on any atom is 0.417 e. The number of halogens is 3. The molecule has 0 radical (unpaired) electrons. The van der Waals surface area contributed by atoms with Crippen molar-refractivity contribution in [3.63, 3.8) is 0 Å². The lowest BCUT2D eigenvalue weighted by molar-refractivity contribution is -0.138. The molecule has 19 heavy (non-hydrogen) atoms. The van der Waals surface area contributed by atoms with Crippen molar-refractivity contribution >= 4 is 5.91 Å². The number of aromatic nitrogens is 1. The molecule has 1 amide bonds. The quantitative estimate of drug-likeness (QED) is 0.365. The molecule has 3 N–H and O–H groups in total. The molecular weight excluding hydrogens is 263 g/mol. The highest BCUT2D eigenvalue weighted by molar-refractivity contribution is 5.74. The van der Waals surface area contributed by atoms with Gasteiger partial charge in [0.25, 0.3) is 5.56 Å². The zero-order valence-corrected chi connectivity index (χ0v) is 10.0. The molecule has 1 heterocycles. The minimum absolute atomic E-state index is 0.126. The van der Waals surface area contributed by atoms with Crippen molar-refractivity contribution < 1.29 is 18.0 Å². The van der Waals surface area contributed by atoms with Crippen molar-refractivity contribution in [3.8, 4) is 0 Å². The van der Waals surface area contributed by atoms with E-state index in [-0.39, 0.29) is 18.9 Å². The summed E-state index contributed by atoms with van der Waals surface area (Å²) in [5, 5.41) is 0. The predicted molar refractivity (Wildman–Crippen MR) is 61.9 cm³/mol. The lowest BCUT2D eigenvalue weighted by atomic mass is 10.2. The van der Waals surface area contributed by atoms with Crippen molar-refractivity contribution in [1.29, 1.82) is 0 Å². The van der Waals surface area contributed by atoms with E-state index in [2.05, 4.69) is 0 Å². The molecule has 0 fully saturated rings. The number of carbonyl (C=O) groups is 1. The molecule has 0 aliphatic carbocycles. The Hall–Kier alpha value is -1.83. The zero-order valence-electron chi connectivity index (χ0n) is 10.0. The molecule has 0 aliphatic heterocycles. The molecule has 0 bridgehead atoms. The van der Waals surface area contributed by atoms with E-state index in [1.807, 2.05) is 5.43 Å². The fourth-order valence-corrected chi connectivity index (χ4v) is 1.51. The number of unbranched alkanes of at least 4 members (excludes halogenated alkanes) is 1. The second-order valence-corrected chi connectivity index (χ2v) is 3.97. The van der Waals surface area contributed by atoms with E-state index >= 15 is 0 Å². The fourth-order valence-electron chi connectivity index (χ4n) is 1.51. The first-order valence-corrected chi connectivity index (χ1v) is 5.61. The van der Waals surface area contributed by atoms with Crippen LogP contribution in [0.5, 0.6) is 0 Å². The van der Waals surface area contributed by atoms with Crippen LogP contribution in [0.25, 0.3) is 0 Å². The van der Waals surface area contributed by atoms with Crippen LogP contribution in [0.15, 0.2) is 23.1 Å². The number of hydrazine groups is 1. The maximum atomic E-state index is 12.5. The molecule has 1 aromatic rings. The summed E-state index contributed by atoms with van der Waals surface area (Å²) < 4.78 is 38.4. The zero-order chi connectivity index (χ0) is 14.5. The highest BCUT2D eigenvalue weighted by atomic mass is 19.4. The van der Waals surface area contributed by atoms with E-state index in [0.717, 1.165) is 22.9 Å². The number of nitrogens with one attached hydrogen (secondary N) is 1. The van der Waals surface area contributed by atoms with E-state index in [1.54, 1.807) is 0 Å². The smallest absolute Gasteiger partial charge is 0.315 e. The summed E-state index contributed by atoms with van der Waals surface area (Å²) in [7, 11) is 0. The average Bonchev–Trinajstić information content (AvgIpc) is 2.34. The second kappa shape index (κ2) is 6.37. The van der Waals surface area contributed by atoms with Gasteiger partial charge in [0.15, 0.2) is 0 Å². The first-order chi connectivity index (χ1) is 8.84. The number of amides is 1. The van der Waals surface area contributed by atoms with Crippen molar-refractivity contribution in [2.24, 2.45) is 5.84 Å². The molecule has 0 saturated heterocycles. The second-order valence-electron chi connectivity index (χ2n) is 3.97. The average molecular weight is 277 g/mol. The van der Waals surface area contributed by atoms with Gasteiger partial charge in [-0.05, 0) is 18.9 Å². The highest BCUT2D eigenvalue weighted by Gasteiger charge is 2.30. The van der Waals surface area contributed by atoms with E-state index in [4.69, 9.17) is 5.84 Å². The Morgan fingerprint density at radius 1 is 1.32 bits per heavy atom. The molecule has 5 nitrogen and oxygen atoms in total.